The van der Waals surface area contributed by atoms with Crippen molar-refractivity contribution >= 4 is 11.6 Å². The number of nitrogens with zero attached hydrogens (tertiary/aromatic N) is 2. The third kappa shape index (κ3) is 2.88. The molecule has 17 heavy (non-hydrogen) atoms. The van der Waals surface area contributed by atoms with E-state index in [1.165, 1.54) is 19.3 Å². The van der Waals surface area contributed by atoms with Crippen LogP contribution in [0, 0.1) is 0 Å². The molecule has 2 heterocycles. The van der Waals surface area contributed by atoms with Gasteiger partial charge in [-0.15, -0.1) is 0 Å². The van der Waals surface area contributed by atoms with Crippen molar-refractivity contribution in [1.29, 1.82) is 0 Å². The zero-order chi connectivity index (χ0) is 12.3. The molecule has 0 aromatic carbocycles. The molecule has 1 saturated heterocycles. The number of hydrogen-bond donors (Lipinski definition) is 2. The molecule has 0 radical (unpaired) electrons. The Labute approximate surface area is 103 Å². The van der Waals surface area contributed by atoms with Gasteiger partial charge in [0.05, 0.1) is 0 Å². The largest absolute Gasteiger partial charge is 0.373 e. The maximum atomic E-state index is 4.49. The van der Waals surface area contributed by atoms with Crippen LogP contribution >= 0.6 is 0 Å². The molecule has 0 amide bonds. The number of hydrazine groups is 1. The van der Waals surface area contributed by atoms with Crippen LogP contribution in [0.5, 0.6) is 0 Å². The zero-order valence-electron chi connectivity index (χ0n) is 10.9. The summed E-state index contributed by atoms with van der Waals surface area (Å²) in [5, 5.41) is 5.38. The smallest absolute Gasteiger partial charge is 0.142 e. The summed E-state index contributed by atoms with van der Waals surface area (Å²) in [7, 11) is 1.89. The summed E-state index contributed by atoms with van der Waals surface area (Å²) in [5.41, 5.74) is 3.44. The first-order chi connectivity index (χ1) is 8.20. The summed E-state index contributed by atoms with van der Waals surface area (Å²) in [6.07, 6.45) is 3.83. The van der Waals surface area contributed by atoms with Gasteiger partial charge in [-0.05, 0) is 38.8 Å². The van der Waals surface area contributed by atoms with Crippen molar-refractivity contribution in [3.63, 3.8) is 0 Å². The lowest BCUT2D eigenvalue weighted by molar-refractivity contribution is 0.135. The van der Waals surface area contributed by atoms with Crippen LogP contribution in [-0.4, -0.2) is 29.1 Å². The molecule has 0 spiro atoms. The van der Waals surface area contributed by atoms with Crippen molar-refractivity contribution < 1.29 is 0 Å². The molecule has 94 valence electrons. The predicted octanol–water partition coefficient (Wildman–Crippen LogP) is 2.71. The molecule has 2 unspecified atom stereocenters. The highest BCUT2D eigenvalue weighted by Gasteiger charge is 2.24. The minimum atomic E-state index is 0.568. The average Bonchev–Trinajstić information content (AvgIpc) is 2.34. The highest BCUT2D eigenvalue weighted by molar-refractivity contribution is 5.44. The fourth-order valence-electron chi connectivity index (χ4n) is 2.41. The number of aromatic nitrogens is 1. The molecule has 0 saturated carbocycles. The lowest BCUT2D eigenvalue weighted by Gasteiger charge is -2.39. The summed E-state index contributed by atoms with van der Waals surface area (Å²) in [4.78, 5) is 4.49. The Bertz CT molecular complexity index is 356. The molecule has 1 aliphatic rings. The third-order valence-corrected chi connectivity index (χ3v) is 3.44. The van der Waals surface area contributed by atoms with E-state index in [-0.39, 0.29) is 0 Å². The highest BCUT2D eigenvalue weighted by atomic mass is 15.5. The molecule has 1 aromatic rings. The van der Waals surface area contributed by atoms with Gasteiger partial charge in [-0.25, -0.2) is 9.99 Å². The molecule has 0 aliphatic carbocycles. The topological polar surface area (TPSA) is 40.2 Å². The van der Waals surface area contributed by atoms with Crippen LogP contribution in [0.2, 0.25) is 0 Å². The van der Waals surface area contributed by atoms with Crippen molar-refractivity contribution in [1.82, 2.24) is 9.99 Å². The van der Waals surface area contributed by atoms with Crippen molar-refractivity contribution in [3.05, 3.63) is 18.2 Å². The summed E-state index contributed by atoms with van der Waals surface area (Å²) in [6, 6.07) is 7.13. The van der Waals surface area contributed by atoms with Gasteiger partial charge in [0.15, 0.2) is 0 Å². The molecule has 1 aliphatic heterocycles. The quantitative estimate of drug-likeness (QED) is 0.843. The van der Waals surface area contributed by atoms with E-state index in [0.29, 0.717) is 12.1 Å². The summed E-state index contributed by atoms with van der Waals surface area (Å²) >= 11 is 0. The Morgan fingerprint density at radius 3 is 2.47 bits per heavy atom. The average molecular weight is 234 g/mol. The Balaban J connectivity index is 2.07. The fraction of sp³-hybridized carbons (Fsp3) is 0.615. The van der Waals surface area contributed by atoms with E-state index < -0.39 is 0 Å². The lowest BCUT2D eigenvalue weighted by Crippen LogP contribution is -2.47. The van der Waals surface area contributed by atoms with E-state index >= 15 is 0 Å². The van der Waals surface area contributed by atoms with Gasteiger partial charge in [0.2, 0.25) is 0 Å². The number of nitrogens with one attached hydrogen (secondary N) is 2. The Kier molecular flexibility index (Phi) is 3.84. The SMILES string of the molecule is CNc1cccc(NN2C(C)CCCC2C)n1. The molecule has 2 N–H and O–H groups in total. The standard InChI is InChI=1S/C13H22N4/c1-10-6-4-7-11(2)17(10)16-13-9-5-8-12(14-3)15-13/h5,8-11H,4,6-7H2,1-3H3,(H2,14,15,16). The van der Waals surface area contributed by atoms with Gasteiger partial charge in [0.25, 0.3) is 0 Å². The third-order valence-electron chi connectivity index (χ3n) is 3.44. The number of rotatable bonds is 3. The van der Waals surface area contributed by atoms with Gasteiger partial charge in [-0.3, -0.25) is 0 Å². The van der Waals surface area contributed by atoms with E-state index in [9.17, 15) is 0 Å². The van der Waals surface area contributed by atoms with E-state index in [1.54, 1.807) is 0 Å². The Morgan fingerprint density at radius 2 is 1.82 bits per heavy atom. The Hall–Kier alpha value is -1.29. The van der Waals surface area contributed by atoms with Crippen molar-refractivity contribution in [2.75, 3.05) is 17.8 Å². The first kappa shape index (κ1) is 12.2. The van der Waals surface area contributed by atoms with Gasteiger partial charge in [0.1, 0.15) is 11.6 Å². The molecule has 4 nitrogen and oxygen atoms in total. The van der Waals surface area contributed by atoms with Crippen molar-refractivity contribution in [2.24, 2.45) is 0 Å². The maximum Gasteiger partial charge on any atom is 0.142 e. The summed E-state index contributed by atoms with van der Waals surface area (Å²) in [6.45, 7) is 4.54. The van der Waals surface area contributed by atoms with Crippen LogP contribution in [0.15, 0.2) is 18.2 Å². The van der Waals surface area contributed by atoms with E-state index in [2.05, 4.69) is 34.6 Å². The zero-order valence-corrected chi connectivity index (χ0v) is 10.9. The van der Waals surface area contributed by atoms with Crippen LogP contribution in [0.4, 0.5) is 11.6 Å². The fourth-order valence-corrected chi connectivity index (χ4v) is 2.41. The van der Waals surface area contributed by atoms with Crippen molar-refractivity contribution in [3.8, 4) is 0 Å². The molecule has 2 atom stereocenters. The van der Waals surface area contributed by atoms with Gasteiger partial charge < -0.3 is 10.7 Å². The minimum absolute atomic E-state index is 0.568. The van der Waals surface area contributed by atoms with E-state index in [1.807, 2.05) is 25.2 Å². The second kappa shape index (κ2) is 5.36. The molecular weight excluding hydrogens is 212 g/mol. The molecule has 1 fully saturated rings. The van der Waals surface area contributed by atoms with Crippen LogP contribution in [-0.2, 0) is 0 Å². The van der Waals surface area contributed by atoms with Gasteiger partial charge >= 0.3 is 0 Å². The first-order valence-electron chi connectivity index (χ1n) is 6.40. The minimum Gasteiger partial charge on any atom is -0.373 e. The lowest BCUT2D eigenvalue weighted by atomic mass is 10.00. The monoisotopic (exact) mass is 234 g/mol. The van der Waals surface area contributed by atoms with Crippen LogP contribution < -0.4 is 10.7 Å². The van der Waals surface area contributed by atoms with Gasteiger partial charge in [-0.1, -0.05) is 12.5 Å². The van der Waals surface area contributed by atoms with Crippen LogP contribution in [0.25, 0.3) is 0 Å². The number of piperidine rings is 1. The van der Waals surface area contributed by atoms with Gasteiger partial charge in [0, 0.05) is 19.1 Å². The predicted molar refractivity (Wildman–Crippen MR) is 72.0 cm³/mol. The summed E-state index contributed by atoms with van der Waals surface area (Å²) in [5.74, 6) is 1.81. The van der Waals surface area contributed by atoms with Crippen LogP contribution in [0.1, 0.15) is 33.1 Å². The Morgan fingerprint density at radius 1 is 1.18 bits per heavy atom. The van der Waals surface area contributed by atoms with E-state index in [0.717, 1.165) is 11.6 Å². The summed E-state index contributed by atoms with van der Waals surface area (Å²) < 4.78 is 0. The second-order valence-electron chi connectivity index (χ2n) is 4.81. The second-order valence-corrected chi connectivity index (χ2v) is 4.81. The van der Waals surface area contributed by atoms with Crippen molar-refractivity contribution in [2.45, 2.75) is 45.2 Å². The van der Waals surface area contributed by atoms with E-state index in [4.69, 9.17) is 0 Å². The molecule has 1 aromatic heterocycles. The molecular formula is C13H22N4. The molecule has 2 rings (SSSR count). The number of hydrogen-bond acceptors (Lipinski definition) is 4. The molecule has 4 heteroatoms. The molecule has 0 bridgehead atoms. The van der Waals surface area contributed by atoms with Gasteiger partial charge in [-0.2, -0.15) is 0 Å². The number of pyridine rings is 1. The number of anilines is 2. The maximum absolute atomic E-state index is 4.49. The highest BCUT2D eigenvalue weighted by Crippen LogP contribution is 2.23. The first-order valence-corrected chi connectivity index (χ1v) is 6.40. The van der Waals surface area contributed by atoms with Crippen LogP contribution in [0.3, 0.4) is 0 Å². The normalized spacial score (nSPS) is 25.6.